The van der Waals surface area contributed by atoms with Gasteiger partial charge in [0.1, 0.15) is 5.03 Å². The van der Waals surface area contributed by atoms with Crippen LogP contribution in [0.5, 0.6) is 0 Å². The second kappa shape index (κ2) is 4.54. The number of aliphatic hydroxyl groups excluding tert-OH is 1. The molecule has 2 aromatic heterocycles. The summed E-state index contributed by atoms with van der Waals surface area (Å²) in [5.74, 6) is 0. The molecule has 2 heterocycles. The van der Waals surface area contributed by atoms with Crippen molar-refractivity contribution in [2.45, 2.75) is 23.6 Å². The molecule has 15 heavy (non-hydrogen) atoms. The molecule has 0 aromatic carbocycles. The number of fused-ring (bicyclic) bond motifs is 1. The van der Waals surface area contributed by atoms with Crippen molar-refractivity contribution in [2.75, 3.05) is 6.61 Å². The van der Waals surface area contributed by atoms with E-state index < -0.39 is 0 Å². The molecular formula is C8H11N5OS. The molecule has 7 heteroatoms. The Bertz CT molecular complexity index is 445. The van der Waals surface area contributed by atoms with Gasteiger partial charge in [-0.25, -0.2) is 0 Å². The Hall–Kier alpha value is -1.21. The van der Waals surface area contributed by atoms with Crippen molar-refractivity contribution in [2.24, 2.45) is 0 Å². The first-order chi connectivity index (χ1) is 7.29. The summed E-state index contributed by atoms with van der Waals surface area (Å²) in [6.07, 6.45) is 0.750. The third-order valence-corrected chi connectivity index (χ3v) is 3.00. The number of aliphatic hydroxyl groups is 1. The molecule has 80 valence electrons. The van der Waals surface area contributed by atoms with E-state index in [0.717, 1.165) is 11.4 Å². The van der Waals surface area contributed by atoms with Crippen LogP contribution in [0.3, 0.4) is 0 Å². The average molecular weight is 225 g/mol. The zero-order valence-corrected chi connectivity index (χ0v) is 9.05. The maximum atomic E-state index is 8.78. The Kier molecular flexibility index (Phi) is 3.12. The maximum Gasteiger partial charge on any atom is 0.200 e. The van der Waals surface area contributed by atoms with Crippen molar-refractivity contribution in [3.63, 3.8) is 0 Å². The number of tetrazole rings is 1. The Morgan fingerprint density at radius 3 is 3.20 bits per heavy atom. The SMILES string of the molecule is CC(CCO)Sc1ccc2nnnn2n1. The summed E-state index contributed by atoms with van der Waals surface area (Å²) in [6, 6.07) is 3.70. The van der Waals surface area contributed by atoms with Crippen molar-refractivity contribution in [1.29, 1.82) is 0 Å². The molecule has 1 N–H and O–H groups in total. The summed E-state index contributed by atoms with van der Waals surface area (Å²) < 4.78 is 1.40. The highest BCUT2D eigenvalue weighted by molar-refractivity contribution is 7.99. The molecular weight excluding hydrogens is 214 g/mol. The first kappa shape index (κ1) is 10.3. The molecule has 6 nitrogen and oxygen atoms in total. The first-order valence-corrected chi connectivity index (χ1v) is 5.50. The van der Waals surface area contributed by atoms with Crippen molar-refractivity contribution >= 4 is 17.4 Å². The van der Waals surface area contributed by atoms with Gasteiger partial charge in [-0.1, -0.05) is 6.92 Å². The van der Waals surface area contributed by atoms with E-state index in [-0.39, 0.29) is 6.61 Å². The summed E-state index contributed by atoms with van der Waals surface area (Å²) in [4.78, 5) is 0. The standard InChI is InChI=1S/C8H11N5OS/c1-6(4-5-14)15-8-3-2-7-9-11-12-13(7)10-8/h2-3,6,14H,4-5H2,1H3. The van der Waals surface area contributed by atoms with Crippen LogP contribution in [0.25, 0.3) is 5.65 Å². The maximum absolute atomic E-state index is 8.78. The largest absolute Gasteiger partial charge is 0.396 e. The zero-order chi connectivity index (χ0) is 10.7. The molecule has 0 aliphatic carbocycles. The van der Waals surface area contributed by atoms with Crippen LogP contribution >= 0.6 is 11.8 Å². The number of aromatic nitrogens is 5. The zero-order valence-electron chi connectivity index (χ0n) is 8.24. The topological polar surface area (TPSA) is 76.2 Å². The molecule has 1 atom stereocenters. The van der Waals surface area contributed by atoms with Gasteiger partial charge in [0.2, 0.25) is 0 Å². The summed E-state index contributed by atoms with van der Waals surface area (Å²) >= 11 is 1.60. The quantitative estimate of drug-likeness (QED) is 0.758. The lowest BCUT2D eigenvalue weighted by Gasteiger charge is -2.07. The Morgan fingerprint density at radius 2 is 2.40 bits per heavy atom. The van der Waals surface area contributed by atoms with E-state index in [0.29, 0.717) is 10.9 Å². The van der Waals surface area contributed by atoms with Crippen LogP contribution in [-0.4, -0.2) is 42.2 Å². The lowest BCUT2D eigenvalue weighted by molar-refractivity contribution is 0.289. The summed E-state index contributed by atoms with van der Waals surface area (Å²) in [6.45, 7) is 2.24. The highest BCUT2D eigenvalue weighted by Gasteiger charge is 2.06. The molecule has 0 aliphatic rings. The lowest BCUT2D eigenvalue weighted by Crippen LogP contribution is -2.02. The van der Waals surface area contributed by atoms with Crippen LogP contribution in [0, 0.1) is 0 Å². The van der Waals surface area contributed by atoms with Gasteiger partial charge >= 0.3 is 0 Å². The molecule has 1 unspecified atom stereocenters. The van der Waals surface area contributed by atoms with Gasteiger partial charge in [-0.3, -0.25) is 0 Å². The Labute approximate surface area is 90.7 Å². The molecule has 2 aromatic rings. The third-order valence-electron chi connectivity index (χ3n) is 1.90. The van der Waals surface area contributed by atoms with Gasteiger partial charge in [0.15, 0.2) is 5.65 Å². The minimum absolute atomic E-state index is 0.196. The average Bonchev–Trinajstić information content (AvgIpc) is 2.65. The molecule has 0 amide bonds. The van der Waals surface area contributed by atoms with Gasteiger partial charge in [0.25, 0.3) is 0 Å². The monoisotopic (exact) mass is 225 g/mol. The summed E-state index contributed by atoms with van der Waals surface area (Å²) in [7, 11) is 0. The molecule has 0 bridgehead atoms. The molecule has 0 radical (unpaired) electrons. The van der Waals surface area contributed by atoms with Crippen LogP contribution in [0.2, 0.25) is 0 Å². The predicted octanol–water partition coefficient (Wildman–Crippen LogP) is 0.382. The highest BCUT2D eigenvalue weighted by Crippen LogP contribution is 2.22. The molecule has 0 saturated carbocycles. The number of nitrogens with zero attached hydrogens (tertiary/aromatic N) is 5. The van der Waals surface area contributed by atoms with Crippen LogP contribution in [0.1, 0.15) is 13.3 Å². The third kappa shape index (κ3) is 2.42. The van der Waals surface area contributed by atoms with E-state index in [4.69, 9.17) is 5.11 Å². The van der Waals surface area contributed by atoms with Crippen molar-refractivity contribution < 1.29 is 5.11 Å². The number of hydrogen-bond donors (Lipinski definition) is 1. The van der Waals surface area contributed by atoms with Crippen LogP contribution in [-0.2, 0) is 0 Å². The number of hydrogen-bond acceptors (Lipinski definition) is 6. The molecule has 0 fully saturated rings. The van der Waals surface area contributed by atoms with E-state index in [9.17, 15) is 0 Å². The van der Waals surface area contributed by atoms with Gasteiger partial charge < -0.3 is 5.11 Å². The first-order valence-electron chi connectivity index (χ1n) is 4.62. The van der Waals surface area contributed by atoms with E-state index in [2.05, 4.69) is 20.6 Å². The molecule has 0 spiro atoms. The molecule has 0 saturated heterocycles. The van der Waals surface area contributed by atoms with Crippen molar-refractivity contribution in [3.8, 4) is 0 Å². The van der Waals surface area contributed by atoms with Gasteiger partial charge in [0.05, 0.1) is 0 Å². The van der Waals surface area contributed by atoms with Gasteiger partial charge in [0, 0.05) is 11.9 Å². The second-order valence-electron chi connectivity index (χ2n) is 3.14. The van der Waals surface area contributed by atoms with Crippen molar-refractivity contribution in [1.82, 2.24) is 25.3 Å². The summed E-state index contributed by atoms with van der Waals surface area (Å²) in [5.41, 5.74) is 0.633. The van der Waals surface area contributed by atoms with Gasteiger partial charge in [-0.2, -0.15) is 0 Å². The van der Waals surface area contributed by atoms with E-state index in [1.165, 1.54) is 4.63 Å². The Balaban J connectivity index is 2.14. The van der Waals surface area contributed by atoms with Gasteiger partial charge in [-0.05, 0) is 29.0 Å². The highest BCUT2D eigenvalue weighted by atomic mass is 32.2. The van der Waals surface area contributed by atoms with Crippen LogP contribution < -0.4 is 0 Å². The number of thioether (sulfide) groups is 1. The fourth-order valence-electron chi connectivity index (χ4n) is 1.14. The predicted molar refractivity (Wildman–Crippen MR) is 55.6 cm³/mol. The lowest BCUT2D eigenvalue weighted by atomic mass is 10.3. The second-order valence-corrected chi connectivity index (χ2v) is 4.60. The fraction of sp³-hybridized carbons (Fsp3) is 0.500. The van der Waals surface area contributed by atoms with Crippen molar-refractivity contribution in [3.05, 3.63) is 12.1 Å². The Morgan fingerprint density at radius 1 is 1.53 bits per heavy atom. The van der Waals surface area contributed by atoms with E-state index in [1.54, 1.807) is 11.8 Å². The van der Waals surface area contributed by atoms with Crippen LogP contribution in [0.4, 0.5) is 0 Å². The summed E-state index contributed by atoms with van der Waals surface area (Å²) in [5, 5.41) is 25.2. The normalized spacial score (nSPS) is 13.2. The smallest absolute Gasteiger partial charge is 0.200 e. The molecule has 0 aliphatic heterocycles. The van der Waals surface area contributed by atoms with E-state index >= 15 is 0 Å². The minimum atomic E-state index is 0.196. The van der Waals surface area contributed by atoms with E-state index in [1.807, 2.05) is 19.1 Å². The minimum Gasteiger partial charge on any atom is -0.396 e. The number of rotatable bonds is 4. The van der Waals surface area contributed by atoms with Crippen LogP contribution in [0.15, 0.2) is 17.2 Å². The molecule has 2 rings (SSSR count). The fourth-order valence-corrected chi connectivity index (χ4v) is 2.05. The van der Waals surface area contributed by atoms with Gasteiger partial charge in [-0.15, -0.1) is 26.6 Å².